The Balaban J connectivity index is 1.94. The van der Waals surface area contributed by atoms with Crippen molar-refractivity contribution in [1.29, 1.82) is 0 Å². The van der Waals surface area contributed by atoms with Crippen LogP contribution in [0.3, 0.4) is 0 Å². The van der Waals surface area contributed by atoms with Crippen LogP contribution in [0.4, 0.5) is 0 Å². The predicted octanol–water partition coefficient (Wildman–Crippen LogP) is 3.01. The van der Waals surface area contributed by atoms with Crippen LogP contribution in [0.15, 0.2) is 40.8 Å². The average Bonchev–Trinajstić information content (AvgIpc) is 2.99. The van der Waals surface area contributed by atoms with Gasteiger partial charge in [0.1, 0.15) is 5.75 Å². The van der Waals surface area contributed by atoms with E-state index in [0.717, 1.165) is 11.3 Å². The normalized spacial score (nSPS) is 11.8. The van der Waals surface area contributed by atoms with E-state index < -0.39 is 17.8 Å². The van der Waals surface area contributed by atoms with Crippen LogP contribution < -0.4 is 10.1 Å². The standard InChI is InChI=1S/C17H18ClNO5/c1-2-23-13-5-3-11(4-6-13)9-12(17(21)22)10-19-16(20)14-7-8-15(18)24-14/h3-8,12H,2,9-10H2,1H3,(H,19,20)(H,21,22). The van der Waals surface area contributed by atoms with Gasteiger partial charge in [-0.05, 0) is 54.8 Å². The van der Waals surface area contributed by atoms with Gasteiger partial charge in [-0.1, -0.05) is 12.1 Å². The third kappa shape index (κ3) is 5.03. The number of rotatable bonds is 8. The monoisotopic (exact) mass is 351 g/mol. The first kappa shape index (κ1) is 17.9. The smallest absolute Gasteiger partial charge is 0.308 e. The maximum Gasteiger partial charge on any atom is 0.308 e. The van der Waals surface area contributed by atoms with Gasteiger partial charge in [0.25, 0.3) is 5.91 Å². The zero-order valence-corrected chi connectivity index (χ0v) is 13.9. The maximum absolute atomic E-state index is 11.9. The van der Waals surface area contributed by atoms with E-state index in [9.17, 15) is 14.7 Å². The molecule has 6 nitrogen and oxygen atoms in total. The molecule has 0 bridgehead atoms. The summed E-state index contributed by atoms with van der Waals surface area (Å²) >= 11 is 5.61. The molecule has 2 N–H and O–H groups in total. The Morgan fingerprint density at radius 1 is 1.25 bits per heavy atom. The number of hydrogen-bond acceptors (Lipinski definition) is 4. The molecule has 1 amide bonds. The van der Waals surface area contributed by atoms with Gasteiger partial charge in [-0.15, -0.1) is 0 Å². The Labute approximate surface area is 144 Å². The molecule has 0 radical (unpaired) electrons. The van der Waals surface area contributed by atoms with E-state index in [4.69, 9.17) is 20.8 Å². The van der Waals surface area contributed by atoms with Crippen LogP contribution in [0, 0.1) is 5.92 Å². The summed E-state index contributed by atoms with van der Waals surface area (Å²) in [7, 11) is 0. The van der Waals surface area contributed by atoms with Crippen molar-refractivity contribution in [3.05, 3.63) is 52.9 Å². The summed E-state index contributed by atoms with van der Waals surface area (Å²) in [5, 5.41) is 12.0. The van der Waals surface area contributed by atoms with Crippen LogP contribution in [0.1, 0.15) is 23.0 Å². The summed E-state index contributed by atoms with van der Waals surface area (Å²) in [6.45, 7) is 2.45. The van der Waals surface area contributed by atoms with Crippen molar-refractivity contribution in [2.45, 2.75) is 13.3 Å². The van der Waals surface area contributed by atoms with Crippen LogP contribution in [-0.2, 0) is 11.2 Å². The van der Waals surface area contributed by atoms with E-state index in [0.29, 0.717) is 13.0 Å². The molecule has 0 aliphatic rings. The fourth-order valence-corrected chi connectivity index (χ4v) is 2.31. The number of amides is 1. The van der Waals surface area contributed by atoms with Gasteiger partial charge < -0.3 is 19.6 Å². The Hall–Kier alpha value is -2.47. The van der Waals surface area contributed by atoms with E-state index in [1.165, 1.54) is 12.1 Å². The number of carboxylic acids is 1. The number of carbonyl (C=O) groups is 2. The van der Waals surface area contributed by atoms with Gasteiger partial charge in [0, 0.05) is 6.54 Å². The molecule has 1 atom stereocenters. The minimum absolute atomic E-state index is 0.0142. The topological polar surface area (TPSA) is 88.8 Å². The second-order valence-electron chi connectivity index (χ2n) is 5.13. The van der Waals surface area contributed by atoms with E-state index in [1.54, 1.807) is 12.1 Å². The lowest BCUT2D eigenvalue weighted by Crippen LogP contribution is -2.33. The summed E-state index contributed by atoms with van der Waals surface area (Å²) in [5.41, 5.74) is 0.848. The number of ether oxygens (including phenoxy) is 1. The van der Waals surface area contributed by atoms with E-state index in [2.05, 4.69) is 5.32 Å². The minimum atomic E-state index is -0.985. The number of hydrogen-bond donors (Lipinski definition) is 2. The highest BCUT2D eigenvalue weighted by Crippen LogP contribution is 2.16. The summed E-state index contributed by atoms with van der Waals surface area (Å²) in [4.78, 5) is 23.3. The highest BCUT2D eigenvalue weighted by molar-refractivity contribution is 6.29. The number of aliphatic carboxylic acids is 1. The number of carboxylic acid groups (broad SMARTS) is 1. The number of halogens is 1. The molecular weight excluding hydrogens is 334 g/mol. The first-order valence-electron chi connectivity index (χ1n) is 7.47. The number of carbonyl (C=O) groups excluding carboxylic acids is 1. The molecule has 1 aromatic carbocycles. The van der Waals surface area contributed by atoms with E-state index in [-0.39, 0.29) is 17.5 Å². The maximum atomic E-state index is 11.9. The van der Waals surface area contributed by atoms with Gasteiger partial charge in [0.2, 0.25) is 0 Å². The summed E-state index contributed by atoms with van der Waals surface area (Å²) < 4.78 is 10.3. The van der Waals surface area contributed by atoms with Crippen LogP contribution in [0.2, 0.25) is 5.22 Å². The zero-order chi connectivity index (χ0) is 17.5. The SMILES string of the molecule is CCOc1ccc(CC(CNC(=O)c2ccc(Cl)o2)C(=O)O)cc1. The van der Waals surface area contributed by atoms with Crippen molar-refractivity contribution in [3.8, 4) is 5.75 Å². The van der Waals surface area contributed by atoms with Gasteiger partial charge in [-0.3, -0.25) is 9.59 Å². The Morgan fingerprint density at radius 2 is 1.96 bits per heavy atom. The van der Waals surface area contributed by atoms with Crippen molar-refractivity contribution >= 4 is 23.5 Å². The van der Waals surface area contributed by atoms with Crippen LogP contribution >= 0.6 is 11.6 Å². The van der Waals surface area contributed by atoms with Crippen LogP contribution in [0.5, 0.6) is 5.75 Å². The van der Waals surface area contributed by atoms with Crippen molar-refractivity contribution in [3.63, 3.8) is 0 Å². The molecular formula is C17H18ClNO5. The molecule has 1 aromatic heterocycles. The lowest BCUT2D eigenvalue weighted by Gasteiger charge is -2.13. The van der Waals surface area contributed by atoms with Gasteiger partial charge >= 0.3 is 5.97 Å². The lowest BCUT2D eigenvalue weighted by molar-refractivity contribution is -0.141. The fourth-order valence-electron chi connectivity index (χ4n) is 2.16. The molecule has 0 fully saturated rings. The molecule has 2 rings (SSSR count). The van der Waals surface area contributed by atoms with Crippen molar-refractivity contribution in [1.82, 2.24) is 5.32 Å². The molecule has 0 aliphatic heterocycles. The fraction of sp³-hybridized carbons (Fsp3) is 0.294. The average molecular weight is 352 g/mol. The third-order valence-electron chi connectivity index (χ3n) is 3.37. The molecule has 0 saturated heterocycles. The Kier molecular flexibility index (Phi) is 6.26. The first-order chi connectivity index (χ1) is 11.5. The second kappa shape index (κ2) is 8.40. The molecule has 0 saturated carbocycles. The molecule has 7 heteroatoms. The molecule has 128 valence electrons. The van der Waals surface area contributed by atoms with Gasteiger partial charge in [0.05, 0.1) is 12.5 Å². The van der Waals surface area contributed by atoms with Crippen LogP contribution in [-0.4, -0.2) is 30.1 Å². The van der Waals surface area contributed by atoms with Crippen molar-refractivity contribution in [2.24, 2.45) is 5.92 Å². The summed E-state index contributed by atoms with van der Waals surface area (Å²) in [5.74, 6) is -1.46. The number of furan rings is 1. The Morgan fingerprint density at radius 3 is 2.50 bits per heavy atom. The quantitative estimate of drug-likeness (QED) is 0.763. The third-order valence-corrected chi connectivity index (χ3v) is 3.57. The van der Waals surface area contributed by atoms with Crippen molar-refractivity contribution in [2.75, 3.05) is 13.2 Å². The van der Waals surface area contributed by atoms with Crippen molar-refractivity contribution < 1.29 is 23.8 Å². The highest BCUT2D eigenvalue weighted by atomic mass is 35.5. The summed E-state index contributed by atoms with van der Waals surface area (Å²) in [6.07, 6.45) is 0.293. The molecule has 1 unspecified atom stereocenters. The van der Waals surface area contributed by atoms with E-state index in [1.807, 2.05) is 19.1 Å². The molecule has 24 heavy (non-hydrogen) atoms. The molecule has 0 aliphatic carbocycles. The molecule has 0 spiro atoms. The minimum Gasteiger partial charge on any atom is -0.494 e. The second-order valence-corrected chi connectivity index (χ2v) is 5.50. The predicted molar refractivity (Wildman–Crippen MR) is 88.5 cm³/mol. The number of nitrogens with one attached hydrogen (secondary N) is 1. The van der Waals surface area contributed by atoms with Gasteiger partial charge in [0.15, 0.2) is 11.0 Å². The van der Waals surface area contributed by atoms with Crippen LogP contribution in [0.25, 0.3) is 0 Å². The highest BCUT2D eigenvalue weighted by Gasteiger charge is 2.20. The zero-order valence-electron chi connectivity index (χ0n) is 13.1. The Bertz CT molecular complexity index is 695. The van der Waals surface area contributed by atoms with Gasteiger partial charge in [-0.25, -0.2) is 0 Å². The molecule has 1 heterocycles. The first-order valence-corrected chi connectivity index (χ1v) is 7.85. The molecule has 2 aromatic rings. The lowest BCUT2D eigenvalue weighted by atomic mass is 9.99. The van der Waals surface area contributed by atoms with Gasteiger partial charge in [-0.2, -0.15) is 0 Å². The summed E-state index contributed by atoms with van der Waals surface area (Å²) in [6, 6.07) is 10.1. The number of benzene rings is 1. The van der Waals surface area contributed by atoms with E-state index >= 15 is 0 Å². The largest absolute Gasteiger partial charge is 0.494 e.